The summed E-state index contributed by atoms with van der Waals surface area (Å²) >= 11 is 0. The third-order valence-electron chi connectivity index (χ3n) is 4.70. The van der Waals surface area contributed by atoms with Crippen LogP contribution in [0, 0.1) is 0 Å². The Morgan fingerprint density at radius 1 is 1.14 bits per heavy atom. The van der Waals surface area contributed by atoms with Crippen molar-refractivity contribution in [1.82, 2.24) is 19.7 Å². The average molecular weight is 387 g/mol. The number of fused-ring (bicyclic) bond motifs is 1. The van der Waals surface area contributed by atoms with Crippen LogP contribution in [-0.2, 0) is 11.4 Å². The molecular weight excluding hydrogens is 366 g/mol. The minimum atomic E-state index is -0.424. The zero-order chi connectivity index (χ0) is 20.4. The number of rotatable bonds is 6. The molecule has 0 aliphatic carbocycles. The number of hydrogen-bond donors (Lipinski definition) is 2. The molecule has 0 saturated carbocycles. The Balaban J connectivity index is 1.75. The van der Waals surface area contributed by atoms with Crippen molar-refractivity contribution in [2.45, 2.75) is 26.0 Å². The average Bonchev–Trinajstić information content (AvgIpc) is 3.16. The van der Waals surface area contributed by atoms with Crippen molar-refractivity contribution in [3.63, 3.8) is 0 Å². The lowest BCUT2D eigenvalue weighted by atomic mass is 10.1. The second-order valence-corrected chi connectivity index (χ2v) is 6.94. The van der Waals surface area contributed by atoms with Gasteiger partial charge < -0.3 is 10.8 Å². The minimum absolute atomic E-state index is 0.0348. The summed E-state index contributed by atoms with van der Waals surface area (Å²) in [6, 6.07) is 16.6. The molecule has 3 N–H and O–H groups in total. The highest BCUT2D eigenvalue weighted by Crippen LogP contribution is 2.26. The van der Waals surface area contributed by atoms with E-state index in [4.69, 9.17) is 5.73 Å². The van der Waals surface area contributed by atoms with Crippen molar-refractivity contribution in [3.8, 4) is 17.1 Å². The van der Waals surface area contributed by atoms with Crippen LogP contribution in [0.5, 0.6) is 0 Å². The van der Waals surface area contributed by atoms with Crippen molar-refractivity contribution in [2.75, 3.05) is 0 Å². The van der Waals surface area contributed by atoms with Gasteiger partial charge in [-0.25, -0.2) is 9.67 Å². The van der Waals surface area contributed by atoms with E-state index in [0.29, 0.717) is 17.2 Å². The third kappa shape index (κ3) is 3.91. The smallest absolute Gasteiger partial charge is 0.154 e. The Kier molecular flexibility index (Phi) is 5.16. The SMILES string of the molecule is CC(=O)C[C@H](N)c1cccc(-c2ccc3cnn(-c4cccc(CO)n4)c3c2)n1. The summed E-state index contributed by atoms with van der Waals surface area (Å²) in [6.45, 7) is 1.40. The number of aliphatic hydroxyl groups excluding tert-OH is 1. The number of nitrogens with zero attached hydrogens (tertiary/aromatic N) is 4. The van der Waals surface area contributed by atoms with Gasteiger partial charge in [-0.05, 0) is 37.3 Å². The molecule has 7 nitrogen and oxygen atoms in total. The van der Waals surface area contributed by atoms with Gasteiger partial charge in [-0.1, -0.05) is 24.3 Å². The van der Waals surface area contributed by atoms with Crippen molar-refractivity contribution in [3.05, 3.63) is 72.2 Å². The lowest BCUT2D eigenvalue weighted by molar-refractivity contribution is -0.117. The van der Waals surface area contributed by atoms with Gasteiger partial charge in [0.05, 0.1) is 41.4 Å². The van der Waals surface area contributed by atoms with Gasteiger partial charge in [-0.3, -0.25) is 9.78 Å². The summed E-state index contributed by atoms with van der Waals surface area (Å²) in [5, 5.41) is 14.8. The maximum Gasteiger partial charge on any atom is 0.154 e. The highest BCUT2D eigenvalue weighted by molar-refractivity contribution is 5.85. The third-order valence-corrected chi connectivity index (χ3v) is 4.70. The standard InChI is InChI=1S/C22H21N5O2/c1-14(29)10-18(23)20-6-3-5-19(26-20)15-8-9-16-12-24-27(21(16)11-15)22-7-2-4-17(13-28)25-22/h2-9,11-12,18,28H,10,13,23H2,1H3/t18-/m0/s1. The summed E-state index contributed by atoms with van der Waals surface area (Å²) in [5.74, 6) is 0.668. The van der Waals surface area contributed by atoms with Crippen LogP contribution < -0.4 is 5.73 Å². The van der Waals surface area contributed by atoms with Crippen LogP contribution in [0.4, 0.5) is 0 Å². The maximum atomic E-state index is 11.4. The highest BCUT2D eigenvalue weighted by Gasteiger charge is 2.13. The van der Waals surface area contributed by atoms with Gasteiger partial charge in [0.25, 0.3) is 0 Å². The number of aliphatic hydroxyl groups is 1. The number of ketones is 1. The van der Waals surface area contributed by atoms with Crippen LogP contribution >= 0.6 is 0 Å². The monoisotopic (exact) mass is 387 g/mol. The molecule has 0 saturated heterocycles. The molecule has 0 fully saturated rings. The van der Waals surface area contributed by atoms with Crippen molar-refractivity contribution >= 4 is 16.7 Å². The van der Waals surface area contributed by atoms with Crippen molar-refractivity contribution < 1.29 is 9.90 Å². The van der Waals surface area contributed by atoms with Crippen LogP contribution in [0.15, 0.2) is 60.8 Å². The fraction of sp³-hybridized carbons (Fsp3) is 0.182. The molecule has 3 aromatic heterocycles. The molecule has 0 aliphatic heterocycles. The maximum absolute atomic E-state index is 11.4. The van der Waals surface area contributed by atoms with Crippen molar-refractivity contribution in [2.24, 2.45) is 5.73 Å². The molecule has 4 rings (SSSR count). The molecule has 0 radical (unpaired) electrons. The van der Waals surface area contributed by atoms with Gasteiger partial charge in [0, 0.05) is 17.4 Å². The van der Waals surface area contributed by atoms with Crippen LogP contribution in [-0.4, -0.2) is 30.6 Å². The van der Waals surface area contributed by atoms with Crippen LogP contribution in [0.3, 0.4) is 0 Å². The largest absolute Gasteiger partial charge is 0.390 e. The summed E-state index contributed by atoms with van der Waals surface area (Å²) in [4.78, 5) is 20.5. The number of aromatic nitrogens is 4. The van der Waals surface area contributed by atoms with Gasteiger partial charge in [-0.15, -0.1) is 0 Å². The number of Topliss-reactive ketones (excluding diaryl/α,β-unsaturated/α-hetero) is 1. The second kappa shape index (κ2) is 7.90. The van der Waals surface area contributed by atoms with E-state index in [1.54, 1.807) is 16.9 Å². The molecule has 7 heteroatoms. The molecule has 4 aromatic rings. The van der Waals surface area contributed by atoms with Gasteiger partial charge in [0.15, 0.2) is 5.82 Å². The van der Waals surface area contributed by atoms with E-state index in [2.05, 4.69) is 15.1 Å². The summed E-state index contributed by atoms with van der Waals surface area (Å²) in [7, 11) is 0. The van der Waals surface area contributed by atoms with E-state index in [-0.39, 0.29) is 18.8 Å². The molecule has 0 spiro atoms. The predicted octanol–water partition coefficient (Wildman–Crippen LogP) is 2.95. The first-order valence-electron chi connectivity index (χ1n) is 9.32. The van der Waals surface area contributed by atoms with E-state index < -0.39 is 6.04 Å². The van der Waals surface area contributed by atoms with Crippen LogP contribution in [0.2, 0.25) is 0 Å². The predicted molar refractivity (Wildman–Crippen MR) is 110 cm³/mol. The van der Waals surface area contributed by atoms with E-state index in [0.717, 1.165) is 22.2 Å². The second-order valence-electron chi connectivity index (χ2n) is 6.94. The molecule has 1 aromatic carbocycles. The molecule has 0 bridgehead atoms. The Hall–Kier alpha value is -3.42. The van der Waals surface area contributed by atoms with Gasteiger partial charge in [-0.2, -0.15) is 5.10 Å². The molecule has 0 amide bonds. The minimum Gasteiger partial charge on any atom is -0.390 e. The fourth-order valence-electron chi connectivity index (χ4n) is 3.27. The zero-order valence-electron chi connectivity index (χ0n) is 16.0. The Labute approximate surface area is 167 Å². The van der Waals surface area contributed by atoms with E-state index >= 15 is 0 Å². The topological polar surface area (TPSA) is 107 Å². The molecule has 146 valence electrons. The molecular formula is C22H21N5O2. The first kappa shape index (κ1) is 18.9. The molecule has 1 atom stereocenters. The van der Waals surface area contributed by atoms with E-state index in [1.165, 1.54) is 6.92 Å². The Bertz CT molecular complexity index is 1180. The number of nitrogens with two attached hydrogens (primary N) is 1. The van der Waals surface area contributed by atoms with Gasteiger partial charge >= 0.3 is 0 Å². The first-order chi connectivity index (χ1) is 14.0. The molecule has 0 unspecified atom stereocenters. The van der Waals surface area contributed by atoms with E-state index in [1.807, 2.05) is 48.5 Å². The Morgan fingerprint density at radius 2 is 1.97 bits per heavy atom. The summed E-state index contributed by atoms with van der Waals surface area (Å²) < 4.78 is 1.74. The van der Waals surface area contributed by atoms with Gasteiger partial charge in [0.1, 0.15) is 5.78 Å². The number of hydrogen-bond acceptors (Lipinski definition) is 6. The lowest BCUT2D eigenvalue weighted by Crippen LogP contribution is -2.15. The molecule has 3 heterocycles. The highest BCUT2D eigenvalue weighted by atomic mass is 16.3. The Morgan fingerprint density at radius 3 is 2.76 bits per heavy atom. The zero-order valence-corrected chi connectivity index (χ0v) is 16.0. The lowest BCUT2D eigenvalue weighted by Gasteiger charge is -2.11. The van der Waals surface area contributed by atoms with Crippen molar-refractivity contribution in [1.29, 1.82) is 0 Å². The first-order valence-corrected chi connectivity index (χ1v) is 9.32. The summed E-state index contributed by atoms with van der Waals surface area (Å²) in [6.07, 6.45) is 2.04. The fourth-order valence-corrected chi connectivity index (χ4v) is 3.27. The number of carbonyl (C=O) groups is 1. The number of pyridine rings is 2. The van der Waals surface area contributed by atoms with Crippen LogP contribution in [0.25, 0.3) is 28.0 Å². The molecule has 0 aliphatic rings. The van der Waals surface area contributed by atoms with Crippen LogP contribution in [0.1, 0.15) is 30.8 Å². The number of benzene rings is 1. The number of carbonyl (C=O) groups excluding carboxylic acids is 1. The quantitative estimate of drug-likeness (QED) is 0.527. The summed E-state index contributed by atoms with van der Waals surface area (Å²) in [5.41, 5.74) is 9.94. The van der Waals surface area contributed by atoms with E-state index in [9.17, 15) is 9.90 Å². The van der Waals surface area contributed by atoms with Gasteiger partial charge in [0.2, 0.25) is 0 Å². The normalized spacial score (nSPS) is 12.2. The molecule has 29 heavy (non-hydrogen) atoms.